The van der Waals surface area contributed by atoms with E-state index in [1.165, 1.54) is 0 Å². The molecule has 1 aliphatic heterocycles. The first-order chi connectivity index (χ1) is 12.6. The minimum atomic E-state index is -0.649. The van der Waals surface area contributed by atoms with Gasteiger partial charge in [0.25, 0.3) is 0 Å². The lowest BCUT2D eigenvalue weighted by Crippen LogP contribution is -2.52. The molecule has 1 heterocycles. The maximum Gasteiger partial charge on any atom is 0.313 e. The lowest BCUT2D eigenvalue weighted by Gasteiger charge is -2.34. The number of amides is 2. The molecule has 2 amide bonds. The van der Waals surface area contributed by atoms with Crippen molar-refractivity contribution in [3.63, 3.8) is 0 Å². The molecule has 0 bridgehead atoms. The molecular formula is C18H28N4O4. The highest BCUT2D eigenvalue weighted by Crippen LogP contribution is 2.30. The fourth-order valence-corrected chi connectivity index (χ4v) is 2.81. The van der Waals surface area contributed by atoms with Crippen molar-refractivity contribution in [1.29, 1.82) is 0 Å². The van der Waals surface area contributed by atoms with Crippen molar-refractivity contribution in [3.05, 3.63) is 18.2 Å². The van der Waals surface area contributed by atoms with Crippen molar-refractivity contribution in [2.24, 2.45) is 5.73 Å². The topological polar surface area (TPSA) is 97.1 Å². The number of hydrogen-bond donors (Lipinski definition) is 2. The summed E-state index contributed by atoms with van der Waals surface area (Å²) in [5.74, 6) is -0.0298. The van der Waals surface area contributed by atoms with Crippen LogP contribution in [0, 0.1) is 0 Å². The Hall–Kier alpha value is -2.32. The summed E-state index contributed by atoms with van der Waals surface area (Å²) in [5.41, 5.74) is 6.04. The van der Waals surface area contributed by atoms with Crippen molar-refractivity contribution in [2.45, 2.75) is 13.8 Å². The molecule has 0 unspecified atom stereocenters. The highest BCUT2D eigenvalue weighted by atomic mass is 16.5. The largest absolute Gasteiger partial charge is 0.490 e. The summed E-state index contributed by atoms with van der Waals surface area (Å²) in [6.45, 7) is 8.66. The van der Waals surface area contributed by atoms with Gasteiger partial charge in [-0.2, -0.15) is 0 Å². The Labute approximate surface area is 154 Å². The molecule has 0 spiro atoms. The molecule has 1 aromatic carbocycles. The van der Waals surface area contributed by atoms with E-state index in [0.29, 0.717) is 50.0 Å². The monoisotopic (exact) mass is 364 g/mol. The third-order valence-electron chi connectivity index (χ3n) is 4.10. The van der Waals surface area contributed by atoms with Crippen molar-refractivity contribution < 1.29 is 19.1 Å². The maximum absolute atomic E-state index is 12.4. The van der Waals surface area contributed by atoms with Crippen LogP contribution in [0.2, 0.25) is 0 Å². The molecule has 26 heavy (non-hydrogen) atoms. The molecular weight excluding hydrogens is 336 g/mol. The van der Waals surface area contributed by atoms with Gasteiger partial charge in [-0.05, 0) is 26.0 Å². The highest BCUT2D eigenvalue weighted by molar-refractivity contribution is 6.39. The molecule has 1 aliphatic rings. The molecule has 8 nitrogen and oxygen atoms in total. The van der Waals surface area contributed by atoms with Crippen molar-refractivity contribution >= 4 is 17.5 Å². The van der Waals surface area contributed by atoms with Crippen LogP contribution in [0.4, 0.5) is 5.69 Å². The quantitative estimate of drug-likeness (QED) is 0.685. The predicted molar refractivity (Wildman–Crippen MR) is 99.5 cm³/mol. The van der Waals surface area contributed by atoms with E-state index in [1.54, 1.807) is 23.1 Å². The second-order valence-corrected chi connectivity index (χ2v) is 5.90. The summed E-state index contributed by atoms with van der Waals surface area (Å²) < 4.78 is 11.0. The van der Waals surface area contributed by atoms with Gasteiger partial charge < -0.3 is 25.4 Å². The Balaban J connectivity index is 1.96. The van der Waals surface area contributed by atoms with Crippen molar-refractivity contribution in [3.8, 4) is 11.5 Å². The van der Waals surface area contributed by atoms with Gasteiger partial charge in [-0.3, -0.25) is 14.5 Å². The first-order valence-corrected chi connectivity index (χ1v) is 9.01. The van der Waals surface area contributed by atoms with Crippen LogP contribution in [0.5, 0.6) is 11.5 Å². The summed E-state index contributed by atoms with van der Waals surface area (Å²) in [7, 11) is 0. The average molecular weight is 364 g/mol. The Morgan fingerprint density at radius 1 is 1.08 bits per heavy atom. The van der Waals surface area contributed by atoms with Crippen molar-refractivity contribution in [2.75, 3.05) is 57.8 Å². The zero-order chi connectivity index (χ0) is 18.9. The molecule has 1 aromatic rings. The van der Waals surface area contributed by atoms with Gasteiger partial charge >= 0.3 is 11.8 Å². The number of carbonyl (C=O) groups excluding carboxylic acids is 2. The van der Waals surface area contributed by atoms with Crippen LogP contribution in [0.15, 0.2) is 18.2 Å². The summed E-state index contributed by atoms with van der Waals surface area (Å²) in [6, 6.07) is 5.08. The number of nitrogens with one attached hydrogen (secondary N) is 1. The number of piperazine rings is 1. The van der Waals surface area contributed by atoms with Gasteiger partial charge in [0.2, 0.25) is 0 Å². The number of rotatable bonds is 7. The van der Waals surface area contributed by atoms with Crippen LogP contribution < -0.4 is 20.5 Å². The molecule has 144 valence electrons. The van der Waals surface area contributed by atoms with Gasteiger partial charge in [-0.15, -0.1) is 0 Å². The van der Waals surface area contributed by atoms with Gasteiger partial charge in [0.1, 0.15) is 0 Å². The Kier molecular flexibility index (Phi) is 7.68. The van der Waals surface area contributed by atoms with E-state index in [0.717, 1.165) is 19.6 Å². The van der Waals surface area contributed by atoms with Gasteiger partial charge in [-0.1, -0.05) is 0 Å². The smallest absolute Gasteiger partial charge is 0.313 e. The van der Waals surface area contributed by atoms with Crippen LogP contribution in [0.1, 0.15) is 13.8 Å². The highest BCUT2D eigenvalue weighted by Gasteiger charge is 2.26. The number of benzene rings is 1. The molecule has 0 atom stereocenters. The Morgan fingerprint density at radius 3 is 2.35 bits per heavy atom. The second-order valence-electron chi connectivity index (χ2n) is 5.90. The van der Waals surface area contributed by atoms with Gasteiger partial charge in [0.15, 0.2) is 11.5 Å². The van der Waals surface area contributed by atoms with Crippen LogP contribution >= 0.6 is 0 Å². The van der Waals surface area contributed by atoms with E-state index in [1.807, 2.05) is 13.8 Å². The molecule has 1 saturated heterocycles. The van der Waals surface area contributed by atoms with E-state index in [9.17, 15) is 9.59 Å². The molecule has 0 aromatic heterocycles. The standard InChI is InChI=1S/C18H28N4O4/c1-3-25-15-6-5-14(13-16(15)26-4-2)20-17(23)18(24)22-11-9-21(8-7-19)10-12-22/h5-6,13H,3-4,7-12,19H2,1-2H3,(H,20,23). The summed E-state index contributed by atoms with van der Waals surface area (Å²) in [6.07, 6.45) is 0. The summed E-state index contributed by atoms with van der Waals surface area (Å²) >= 11 is 0. The van der Waals surface area contributed by atoms with Crippen molar-refractivity contribution in [1.82, 2.24) is 9.80 Å². The fourth-order valence-electron chi connectivity index (χ4n) is 2.81. The number of nitrogens with zero attached hydrogens (tertiary/aromatic N) is 2. The maximum atomic E-state index is 12.4. The average Bonchev–Trinajstić information content (AvgIpc) is 2.64. The van der Waals surface area contributed by atoms with Crippen LogP contribution in [0.25, 0.3) is 0 Å². The van der Waals surface area contributed by atoms with E-state index >= 15 is 0 Å². The molecule has 2 rings (SSSR count). The molecule has 0 aliphatic carbocycles. The number of nitrogens with two attached hydrogens (primary N) is 1. The second kappa shape index (κ2) is 9.98. The lowest BCUT2D eigenvalue weighted by molar-refractivity contribution is -0.144. The fraction of sp³-hybridized carbons (Fsp3) is 0.556. The SMILES string of the molecule is CCOc1ccc(NC(=O)C(=O)N2CCN(CCN)CC2)cc1OCC. The summed E-state index contributed by atoms with van der Waals surface area (Å²) in [4.78, 5) is 28.4. The predicted octanol–water partition coefficient (Wildman–Crippen LogP) is 0.525. The molecule has 1 fully saturated rings. The number of carbonyl (C=O) groups is 2. The Morgan fingerprint density at radius 2 is 1.73 bits per heavy atom. The van der Waals surface area contributed by atoms with Crippen LogP contribution in [0.3, 0.4) is 0 Å². The first-order valence-electron chi connectivity index (χ1n) is 9.01. The molecule has 0 radical (unpaired) electrons. The first kappa shape index (κ1) is 20.0. The molecule has 0 saturated carbocycles. The minimum Gasteiger partial charge on any atom is -0.490 e. The number of hydrogen-bond acceptors (Lipinski definition) is 6. The van der Waals surface area contributed by atoms with E-state index in [-0.39, 0.29) is 0 Å². The van der Waals surface area contributed by atoms with E-state index in [2.05, 4.69) is 10.2 Å². The van der Waals surface area contributed by atoms with Crippen LogP contribution in [-0.4, -0.2) is 74.1 Å². The third kappa shape index (κ3) is 5.34. The normalized spacial score (nSPS) is 14.8. The van der Waals surface area contributed by atoms with Crippen LogP contribution in [-0.2, 0) is 9.59 Å². The van der Waals surface area contributed by atoms with Gasteiger partial charge in [-0.25, -0.2) is 0 Å². The Bertz CT molecular complexity index is 615. The third-order valence-corrected chi connectivity index (χ3v) is 4.10. The summed E-state index contributed by atoms with van der Waals surface area (Å²) in [5, 5.41) is 2.64. The van der Waals surface area contributed by atoms with Gasteiger partial charge in [0, 0.05) is 51.0 Å². The van der Waals surface area contributed by atoms with E-state index < -0.39 is 11.8 Å². The van der Waals surface area contributed by atoms with E-state index in [4.69, 9.17) is 15.2 Å². The van der Waals surface area contributed by atoms with Gasteiger partial charge in [0.05, 0.1) is 13.2 Å². The number of anilines is 1. The molecule has 8 heteroatoms. The number of ether oxygens (including phenoxy) is 2. The lowest BCUT2D eigenvalue weighted by atomic mass is 10.2. The zero-order valence-corrected chi connectivity index (χ0v) is 15.5. The molecule has 3 N–H and O–H groups in total. The zero-order valence-electron chi connectivity index (χ0n) is 15.5. The minimum absolute atomic E-state index is 0.476.